The minimum Gasteiger partial charge on any atom is -0.463 e. The quantitative estimate of drug-likeness (QED) is 0.774. The summed E-state index contributed by atoms with van der Waals surface area (Å²) in [7, 11) is 0. The Bertz CT molecular complexity index is 431. The van der Waals surface area contributed by atoms with E-state index in [1.54, 1.807) is 6.92 Å². The molecule has 0 aliphatic carbocycles. The Morgan fingerprint density at radius 1 is 1.15 bits per heavy atom. The summed E-state index contributed by atoms with van der Waals surface area (Å²) >= 11 is 5.69. The second-order valence-electron chi connectivity index (χ2n) is 4.07. The predicted molar refractivity (Wildman–Crippen MR) is 69.2 cm³/mol. The molecule has 0 atom stereocenters. The maximum atomic E-state index is 12.5. The summed E-state index contributed by atoms with van der Waals surface area (Å²) in [6.07, 6.45) is -3.11. The Labute approximate surface area is 120 Å². The molecule has 0 amide bonds. The second-order valence-corrected chi connectivity index (χ2v) is 4.41. The molecule has 1 aromatic rings. The molecule has 0 saturated heterocycles. The van der Waals surface area contributed by atoms with E-state index in [0.29, 0.717) is 13.0 Å². The van der Waals surface area contributed by atoms with Gasteiger partial charge in [-0.05, 0) is 24.4 Å². The van der Waals surface area contributed by atoms with Gasteiger partial charge in [0.15, 0.2) is 0 Å². The van der Waals surface area contributed by atoms with Gasteiger partial charge in [0.2, 0.25) is 11.2 Å². The standard InChI is InChI=1S/C11H16ClF3N4O/c1-3-5-19(7-11(13,14)15)9-16-8(12)17-10(18-9)20-6-4-2/h3-7H2,1-2H3. The number of aromatic nitrogens is 3. The molecule has 20 heavy (non-hydrogen) atoms. The third-order valence-electron chi connectivity index (χ3n) is 2.16. The second kappa shape index (κ2) is 7.47. The van der Waals surface area contributed by atoms with Gasteiger partial charge in [0, 0.05) is 6.54 Å². The molecule has 0 aliphatic heterocycles. The molecule has 5 nitrogen and oxygen atoms in total. The number of hydrogen-bond acceptors (Lipinski definition) is 5. The fourth-order valence-corrected chi connectivity index (χ4v) is 1.61. The number of hydrogen-bond donors (Lipinski definition) is 0. The van der Waals surface area contributed by atoms with E-state index in [-0.39, 0.29) is 23.8 Å². The molecule has 114 valence electrons. The highest BCUT2D eigenvalue weighted by Crippen LogP contribution is 2.22. The number of halogens is 4. The molecule has 0 radical (unpaired) electrons. The first-order valence-corrected chi connectivity index (χ1v) is 6.59. The van der Waals surface area contributed by atoms with Crippen molar-refractivity contribution in [3.05, 3.63) is 5.28 Å². The molecule has 0 saturated carbocycles. The van der Waals surface area contributed by atoms with Crippen LogP contribution in [0.3, 0.4) is 0 Å². The SMILES string of the molecule is CCCOc1nc(Cl)nc(N(CCC)CC(F)(F)F)n1. The van der Waals surface area contributed by atoms with Crippen LogP contribution in [0.5, 0.6) is 6.01 Å². The van der Waals surface area contributed by atoms with Crippen molar-refractivity contribution in [2.24, 2.45) is 0 Å². The topological polar surface area (TPSA) is 51.1 Å². The van der Waals surface area contributed by atoms with Crippen molar-refractivity contribution >= 4 is 17.5 Å². The van der Waals surface area contributed by atoms with Crippen molar-refractivity contribution in [2.75, 3.05) is 24.6 Å². The van der Waals surface area contributed by atoms with Crippen molar-refractivity contribution in [2.45, 2.75) is 32.9 Å². The Morgan fingerprint density at radius 3 is 2.40 bits per heavy atom. The van der Waals surface area contributed by atoms with Crippen LogP contribution in [0.15, 0.2) is 0 Å². The van der Waals surface area contributed by atoms with Crippen LogP contribution in [0.2, 0.25) is 5.28 Å². The smallest absolute Gasteiger partial charge is 0.406 e. The summed E-state index contributed by atoms with van der Waals surface area (Å²) in [5.41, 5.74) is 0. The molecule has 0 aromatic carbocycles. The van der Waals surface area contributed by atoms with E-state index in [1.165, 1.54) is 0 Å². The zero-order valence-electron chi connectivity index (χ0n) is 11.2. The Morgan fingerprint density at radius 2 is 1.85 bits per heavy atom. The number of anilines is 1. The maximum absolute atomic E-state index is 12.5. The Hall–Kier alpha value is -1.31. The molecule has 1 rings (SSSR count). The van der Waals surface area contributed by atoms with Crippen LogP contribution in [0, 0.1) is 0 Å². The van der Waals surface area contributed by atoms with Gasteiger partial charge in [-0.25, -0.2) is 0 Å². The van der Waals surface area contributed by atoms with Crippen LogP contribution in [-0.2, 0) is 0 Å². The number of alkyl halides is 3. The summed E-state index contributed by atoms with van der Waals surface area (Å²) in [5.74, 6) is -0.129. The van der Waals surface area contributed by atoms with Crippen LogP contribution in [-0.4, -0.2) is 40.8 Å². The number of ether oxygens (including phenoxy) is 1. The fourth-order valence-electron chi connectivity index (χ4n) is 1.46. The lowest BCUT2D eigenvalue weighted by atomic mass is 10.4. The van der Waals surface area contributed by atoms with Gasteiger partial charge in [-0.2, -0.15) is 28.1 Å². The Kier molecular flexibility index (Phi) is 6.25. The predicted octanol–water partition coefficient (Wildman–Crippen LogP) is 3.09. The van der Waals surface area contributed by atoms with Gasteiger partial charge in [-0.3, -0.25) is 0 Å². The van der Waals surface area contributed by atoms with Gasteiger partial charge >= 0.3 is 12.2 Å². The van der Waals surface area contributed by atoms with E-state index < -0.39 is 12.7 Å². The van der Waals surface area contributed by atoms with Crippen molar-refractivity contribution in [1.29, 1.82) is 0 Å². The van der Waals surface area contributed by atoms with E-state index in [9.17, 15) is 13.2 Å². The molecule has 0 aliphatic rings. The van der Waals surface area contributed by atoms with Crippen molar-refractivity contribution in [3.8, 4) is 6.01 Å². The summed E-state index contributed by atoms with van der Waals surface area (Å²) in [6.45, 7) is 3.02. The minimum absolute atomic E-state index is 0.0647. The first kappa shape index (κ1) is 16.7. The van der Waals surface area contributed by atoms with Crippen LogP contribution in [0.1, 0.15) is 26.7 Å². The number of rotatable bonds is 7. The normalized spacial score (nSPS) is 11.5. The summed E-state index contributed by atoms with van der Waals surface area (Å²) < 4.78 is 42.8. The van der Waals surface area contributed by atoms with Crippen LogP contribution in [0.25, 0.3) is 0 Å². The zero-order valence-corrected chi connectivity index (χ0v) is 12.0. The summed E-state index contributed by atoms with van der Waals surface area (Å²) in [6, 6.07) is -0.0647. The molecular weight excluding hydrogens is 297 g/mol. The van der Waals surface area contributed by atoms with Crippen molar-refractivity contribution in [1.82, 2.24) is 15.0 Å². The molecule has 1 aromatic heterocycles. The van der Waals surface area contributed by atoms with E-state index >= 15 is 0 Å². The minimum atomic E-state index is -4.35. The van der Waals surface area contributed by atoms with Gasteiger partial charge < -0.3 is 9.64 Å². The number of nitrogens with zero attached hydrogens (tertiary/aromatic N) is 4. The highest BCUT2D eigenvalue weighted by Gasteiger charge is 2.32. The molecule has 1 heterocycles. The molecule has 0 N–H and O–H groups in total. The summed E-state index contributed by atoms with van der Waals surface area (Å²) in [5, 5.41) is -0.190. The molecule has 0 spiro atoms. The van der Waals surface area contributed by atoms with E-state index in [2.05, 4.69) is 15.0 Å². The first-order valence-electron chi connectivity index (χ1n) is 6.21. The van der Waals surface area contributed by atoms with Gasteiger partial charge in [0.25, 0.3) is 0 Å². The lowest BCUT2D eigenvalue weighted by Gasteiger charge is -2.23. The van der Waals surface area contributed by atoms with Gasteiger partial charge in [0.05, 0.1) is 6.61 Å². The summed E-state index contributed by atoms with van der Waals surface area (Å²) in [4.78, 5) is 12.3. The van der Waals surface area contributed by atoms with Gasteiger partial charge in [-0.1, -0.05) is 13.8 Å². The van der Waals surface area contributed by atoms with Crippen LogP contribution >= 0.6 is 11.6 Å². The largest absolute Gasteiger partial charge is 0.463 e. The molecule has 0 unspecified atom stereocenters. The molecule has 0 fully saturated rings. The average Bonchev–Trinajstić information content (AvgIpc) is 2.33. The van der Waals surface area contributed by atoms with E-state index in [0.717, 1.165) is 11.3 Å². The third kappa shape index (κ3) is 5.77. The molecule has 0 bridgehead atoms. The first-order chi connectivity index (χ1) is 9.35. The van der Waals surface area contributed by atoms with Crippen LogP contribution in [0.4, 0.5) is 19.1 Å². The van der Waals surface area contributed by atoms with Crippen molar-refractivity contribution in [3.63, 3.8) is 0 Å². The van der Waals surface area contributed by atoms with Crippen molar-refractivity contribution < 1.29 is 17.9 Å². The highest BCUT2D eigenvalue weighted by molar-refractivity contribution is 6.28. The molecular formula is C11H16ClF3N4O. The monoisotopic (exact) mass is 312 g/mol. The maximum Gasteiger partial charge on any atom is 0.406 e. The highest BCUT2D eigenvalue weighted by atomic mass is 35.5. The van der Waals surface area contributed by atoms with E-state index in [1.807, 2.05) is 6.92 Å². The zero-order chi connectivity index (χ0) is 15.2. The lowest BCUT2D eigenvalue weighted by molar-refractivity contribution is -0.119. The lowest BCUT2D eigenvalue weighted by Crippen LogP contribution is -2.36. The Balaban J connectivity index is 2.96. The van der Waals surface area contributed by atoms with Gasteiger partial charge in [-0.15, -0.1) is 0 Å². The van der Waals surface area contributed by atoms with Gasteiger partial charge in [0.1, 0.15) is 6.54 Å². The van der Waals surface area contributed by atoms with Crippen LogP contribution < -0.4 is 9.64 Å². The third-order valence-corrected chi connectivity index (χ3v) is 2.33. The average molecular weight is 313 g/mol. The van der Waals surface area contributed by atoms with E-state index in [4.69, 9.17) is 16.3 Å². The molecule has 9 heteroatoms. The fraction of sp³-hybridized carbons (Fsp3) is 0.727.